The van der Waals surface area contributed by atoms with Gasteiger partial charge in [0.1, 0.15) is 11.6 Å². The third kappa shape index (κ3) is 5.66. The van der Waals surface area contributed by atoms with Crippen molar-refractivity contribution in [2.24, 2.45) is 9.94 Å². The van der Waals surface area contributed by atoms with E-state index in [9.17, 15) is 14.7 Å². The molecule has 6 nitrogen and oxygen atoms in total. The number of phenols is 1. The van der Waals surface area contributed by atoms with Crippen molar-refractivity contribution in [3.8, 4) is 5.75 Å². The minimum Gasteiger partial charge on any atom is -0.507 e. The van der Waals surface area contributed by atoms with Crippen molar-refractivity contribution in [3.63, 3.8) is 0 Å². The standard InChI is InChI=1S/C29H38BrN3O3/c1-28(2,3)21-14-19(15-22(25(21)35)29(4,5)6)23(34)17-33-16-20(27(36)32(7)8)24(26(33)31-30)18-12-10-9-11-13-18/h9-15,20,24,35H,16-17H2,1-8H3/b31-26-/t20-,24+/m0/s1. The van der Waals surface area contributed by atoms with E-state index < -0.39 is 0 Å². The van der Waals surface area contributed by atoms with Crippen molar-refractivity contribution in [1.29, 1.82) is 0 Å². The van der Waals surface area contributed by atoms with E-state index in [4.69, 9.17) is 0 Å². The summed E-state index contributed by atoms with van der Waals surface area (Å²) in [5.41, 5.74) is 2.36. The van der Waals surface area contributed by atoms with Crippen molar-refractivity contribution in [2.45, 2.75) is 58.3 Å². The highest BCUT2D eigenvalue weighted by atomic mass is 79.9. The van der Waals surface area contributed by atoms with E-state index >= 15 is 0 Å². The van der Waals surface area contributed by atoms with E-state index in [1.807, 2.05) is 88.9 Å². The van der Waals surface area contributed by atoms with Crippen molar-refractivity contribution < 1.29 is 14.7 Å². The number of phenolic OH excluding ortho intramolecular Hbond substituents is 1. The molecule has 0 bridgehead atoms. The van der Waals surface area contributed by atoms with E-state index in [0.29, 0.717) is 17.9 Å². The first-order valence-corrected chi connectivity index (χ1v) is 13.0. The van der Waals surface area contributed by atoms with Crippen LogP contribution in [0.15, 0.2) is 46.5 Å². The van der Waals surface area contributed by atoms with Crippen LogP contribution in [0, 0.1) is 5.92 Å². The van der Waals surface area contributed by atoms with Gasteiger partial charge >= 0.3 is 0 Å². The van der Waals surface area contributed by atoms with Crippen LogP contribution in [0.4, 0.5) is 0 Å². The SMILES string of the molecule is CN(C)C(=O)[C@H]1CN(CC(=O)c2cc(C(C)(C)C)c(O)c(C(C)(C)C)c2)/C(=N\Br)[C@@H]1c1ccccc1. The van der Waals surface area contributed by atoms with Gasteiger partial charge in [-0.3, -0.25) is 9.59 Å². The van der Waals surface area contributed by atoms with Crippen LogP contribution >= 0.6 is 16.1 Å². The maximum atomic E-state index is 13.7. The Bertz CT molecular complexity index is 1130. The Morgan fingerprint density at radius 1 is 1.03 bits per heavy atom. The lowest BCUT2D eigenvalue weighted by molar-refractivity contribution is -0.132. The molecular weight excluding hydrogens is 518 g/mol. The topological polar surface area (TPSA) is 73.2 Å². The highest BCUT2D eigenvalue weighted by Crippen LogP contribution is 2.40. The summed E-state index contributed by atoms with van der Waals surface area (Å²) in [5, 5.41) is 11.1. The van der Waals surface area contributed by atoms with E-state index in [2.05, 4.69) is 20.2 Å². The summed E-state index contributed by atoms with van der Waals surface area (Å²) in [5.74, 6) is 0.216. The second kappa shape index (κ2) is 10.4. The number of hydrogen-bond donors (Lipinski definition) is 1. The van der Waals surface area contributed by atoms with Crippen molar-refractivity contribution in [1.82, 2.24) is 9.80 Å². The van der Waals surface area contributed by atoms with Crippen LogP contribution in [0.25, 0.3) is 0 Å². The lowest BCUT2D eigenvalue weighted by Gasteiger charge is -2.28. The zero-order valence-corrected chi connectivity index (χ0v) is 24.2. The van der Waals surface area contributed by atoms with Gasteiger partial charge in [-0.05, 0) is 28.5 Å². The molecule has 1 N–H and O–H groups in total. The molecule has 2 atom stereocenters. The third-order valence-electron chi connectivity index (χ3n) is 6.81. The summed E-state index contributed by atoms with van der Waals surface area (Å²) in [4.78, 5) is 30.4. The first-order chi connectivity index (χ1) is 16.7. The second-order valence-corrected chi connectivity index (χ2v) is 12.2. The number of ketones is 1. The maximum Gasteiger partial charge on any atom is 0.228 e. The summed E-state index contributed by atoms with van der Waals surface area (Å²) in [6, 6.07) is 13.5. The fourth-order valence-electron chi connectivity index (χ4n) is 4.86. The molecule has 1 fully saturated rings. The Morgan fingerprint density at radius 2 is 1.56 bits per heavy atom. The van der Waals surface area contributed by atoms with Gasteiger partial charge < -0.3 is 14.9 Å². The maximum absolute atomic E-state index is 13.7. The molecular formula is C29H38BrN3O3. The number of benzene rings is 2. The molecule has 0 radical (unpaired) electrons. The highest BCUT2D eigenvalue weighted by molar-refractivity contribution is 9.08. The summed E-state index contributed by atoms with van der Waals surface area (Å²) < 4.78 is 4.39. The fourth-order valence-corrected chi connectivity index (χ4v) is 5.31. The van der Waals surface area contributed by atoms with E-state index in [1.54, 1.807) is 19.0 Å². The number of carbonyl (C=O) groups excluding carboxylic acids is 2. The smallest absolute Gasteiger partial charge is 0.228 e. The fraction of sp³-hybridized carbons (Fsp3) is 0.483. The first kappa shape index (κ1) is 27.9. The molecule has 1 heterocycles. The van der Waals surface area contributed by atoms with Gasteiger partial charge in [0.15, 0.2) is 5.78 Å². The predicted molar refractivity (Wildman–Crippen MR) is 149 cm³/mol. The van der Waals surface area contributed by atoms with Gasteiger partial charge in [0.2, 0.25) is 5.91 Å². The molecule has 7 heteroatoms. The van der Waals surface area contributed by atoms with Crippen LogP contribution in [0.2, 0.25) is 0 Å². The molecule has 2 aromatic rings. The number of rotatable bonds is 5. The predicted octanol–water partition coefficient (Wildman–Crippen LogP) is 5.68. The van der Waals surface area contributed by atoms with Gasteiger partial charge in [0.05, 0.1) is 34.5 Å². The molecule has 0 aliphatic carbocycles. The number of amidine groups is 1. The Morgan fingerprint density at radius 3 is 2.00 bits per heavy atom. The van der Waals surface area contributed by atoms with E-state index in [-0.39, 0.29) is 46.7 Å². The van der Waals surface area contributed by atoms with Crippen LogP contribution < -0.4 is 0 Å². The monoisotopic (exact) mass is 555 g/mol. The molecule has 1 amide bonds. The average Bonchev–Trinajstić information content (AvgIpc) is 3.15. The Labute approximate surface area is 223 Å². The molecule has 0 saturated carbocycles. The second-order valence-electron chi connectivity index (χ2n) is 11.9. The summed E-state index contributed by atoms with van der Waals surface area (Å²) in [6.07, 6.45) is 0. The Kier molecular flexibility index (Phi) is 8.04. The molecule has 2 aromatic carbocycles. The van der Waals surface area contributed by atoms with Crippen LogP contribution in [0.1, 0.15) is 74.5 Å². The van der Waals surface area contributed by atoms with Gasteiger partial charge in [-0.1, -0.05) is 71.9 Å². The van der Waals surface area contributed by atoms with Gasteiger partial charge in [0, 0.05) is 37.3 Å². The normalized spacial score (nSPS) is 19.6. The number of carbonyl (C=O) groups is 2. The van der Waals surface area contributed by atoms with Crippen molar-refractivity contribution >= 4 is 33.7 Å². The molecule has 1 aliphatic heterocycles. The zero-order valence-electron chi connectivity index (χ0n) is 22.6. The molecule has 194 valence electrons. The van der Waals surface area contributed by atoms with Crippen LogP contribution in [0.5, 0.6) is 5.75 Å². The molecule has 0 unspecified atom stereocenters. The molecule has 1 aliphatic rings. The lowest BCUT2D eigenvalue weighted by Crippen LogP contribution is -2.34. The Balaban J connectivity index is 2.02. The number of hydrogen-bond acceptors (Lipinski definition) is 4. The highest BCUT2D eigenvalue weighted by Gasteiger charge is 2.44. The minimum absolute atomic E-state index is 0.00197. The number of aromatic hydroxyl groups is 1. The summed E-state index contributed by atoms with van der Waals surface area (Å²) >= 11 is 3.28. The zero-order chi connectivity index (χ0) is 27.0. The van der Waals surface area contributed by atoms with Gasteiger partial charge in [-0.25, -0.2) is 0 Å². The van der Waals surface area contributed by atoms with Crippen molar-refractivity contribution in [3.05, 3.63) is 64.7 Å². The minimum atomic E-state index is -0.360. The third-order valence-corrected chi connectivity index (χ3v) is 7.17. The number of nitrogens with zero attached hydrogens (tertiary/aromatic N) is 3. The molecule has 0 spiro atoms. The number of likely N-dealkylation sites (tertiary alicyclic amines) is 1. The largest absolute Gasteiger partial charge is 0.507 e. The number of halogens is 1. The first-order valence-electron chi connectivity index (χ1n) is 12.3. The number of amides is 1. The molecule has 36 heavy (non-hydrogen) atoms. The Hall–Kier alpha value is -2.67. The molecule has 3 rings (SSSR count). The van der Waals surface area contributed by atoms with Gasteiger partial charge in [-0.15, -0.1) is 0 Å². The van der Waals surface area contributed by atoms with Gasteiger partial charge in [-0.2, -0.15) is 4.02 Å². The summed E-state index contributed by atoms with van der Waals surface area (Å²) in [6.45, 7) is 12.6. The van der Waals surface area contributed by atoms with E-state index in [1.165, 1.54) is 0 Å². The number of Topliss-reactive ketones (excluding diaryl/α,β-unsaturated/α-hetero) is 1. The average molecular weight is 557 g/mol. The molecule has 0 aromatic heterocycles. The van der Waals surface area contributed by atoms with Gasteiger partial charge in [0.25, 0.3) is 0 Å². The summed E-state index contributed by atoms with van der Waals surface area (Å²) in [7, 11) is 3.50. The van der Waals surface area contributed by atoms with E-state index in [0.717, 1.165) is 16.7 Å². The van der Waals surface area contributed by atoms with Crippen LogP contribution in [0.3, 0.4) is 0 Å². The quantitative estimate of drug-likeness (QED) is 0.481. The van der Waals surface area contributed by atoms with Crippen molar-refractivity contribution in [2.75, 3.05) is 27.2 Å². The van der Waals surface area contributed by atoms with Crippen LogP contribution in [-0.4, -0.2) is 59.6 Å². The lowest BCUT2D eigenvalue weighted by atomic mass is 9.78. The van der Waals surface area contributed by atoms with Crippen LogP contribution in [-0.2, 0) is 15.6 Å². The molecule has 1 saturated heterocycles.